The minimum atomic E-state index is -0.986. The van der Waals surface area contributed by atoms with Crippen molar-refractivity contribution in [3.8, 4) is 0 Å². The van der Waals surface area contributed by atoms with E-state index in [1.165, 1.54) is 6.08 Å². The second-order valence-corrected chi connectivity index (χ2v) is 3.65. The number of aliphatic carboxylic acids is 1. The largest absolute Gasteiger partial charge is 0.478 e. The number of nitrogens with one attached hydrogen (secondary N) is 2. The lowest BCUT2D eigenvalue weighted by Crippen LogP contribution is -2.25. The van der Waals surface area contributed by atoms with E-state index in [0.29, 0.717) is 0 Å². The Hall–Kier alpha value is -2.30. The Labute approximate surface area is 106 Å². The predicted molar refractivity (Wildman–Crippen MR) is 70.6 cm³/mol. The van der Waals surface area contributed by atoms with Crippen LogP contribution in [-0.2, 0) is 11.2 Å². The predicted octanol–water partition coefficient (Wildman–Crippen LogP) is 2.10. The van der Waals surface area contributed by atoms with Gasteiger partial charge in [0.2, 0.25) is 0 Å². The molecule has 0 atom stereocenters. The first-order valence-electron chi connectivity index (χ1n) is 5.59. The van der Waals surface area contributed by atoms with E-state index in [1.54, 1.807) is 19.2 Å². The monoisotopic (exact) mass is 248 g/mol. The van der Waals surface area contributed by atoms with Gasteiger partial charge in [-0.1, -0.05) is 13.0 Å². The molecule has 1 aromatic carbocycles. The maximum atomic E-state index is 11.2. The van der Waals surface area contributed by atoms with Gasteiger partial charge in [-0.2, -0.15) is 0 Å². The summed E-state index contributed by atoms with van der Waals surface area (Å²) in [6, 6.07) is 5.09. The first kappa shape index (κ1) is 13.8. The Morgan fingerprint density at radius 3 is 2.67 bits per heavy atom. The molecule has 0 aliphatic carbocycles. The lowest BCUT2D eigenvalue weighted by molar-refractivity contribution is -0.131. The van der Waals surface area contributed by atoms with Crippen LogP contribution >= 0.6 is 0 Å². The van der Waals surface area contributed by atoms with Gasteiger partial charge in [0.1, 0.15) is 0 Å². The van der Waals surface area contributed by atoms with Crippen molar-refractivity contribution in [2.75, 3.05) is 12.4 Å². The van der Waals surface area contributed by atoms with Gasteiger partial charge < -0.3 is 15.7 Å². The molecule has 0 radical (unpaired) electrons. The Bertz CT molecular complexity index is 481. The fourth-order valence-corrected chi connectivity index (χ4v) is 1.48. The van der Waals surface area contributed by atoms with Crippen LogP contribution in [0.4, 0.5) is 10.5 Å². The van der Waals surface area contributed by atoms with E-state index in [9.17, 15) is 9.59 Å². The highest BCUT2D eigenvalue weighted by molar-refractivity contribution is 5.90. The molecule has 0 fully saturated rings. The summed E-state index contributed by atoms with van der Waals surface area (Å²) in [6.07, 6.45) is 3.35. The van der Waals surface area contributed by atoms with Crippen molar-refractivity contribution in [1.29, 1.82) is 0 Å². The Morgan fingerprint density at radius 1 is 1.39 bits per heavy atom. The zero-order chi connectivity index (χ0) is 13.5. The number of carboxylic acid groups (broad SMARTS) is 1. The average Bonchev–Trinajstić information content (AvgIpc) is 2.37. The Kier molecular flexibility index (Phi) is 4.92. The normalized spacial score (nSPS) is 10.3. The molecule has 2 amide bonds. The number of carboxylic acids is 1. The number of amides is 2. The molecule has 0 unspecified atom stereocenters. The zero-order valence-corrected chi connectivity index (χ0v) is 10.4. The maximum Gasteiger partial charge on any atom is 0.328 e. The second-order valence-electron chi connectivity index (χ2n) is 3.65. The zero-order valence-electron chi connectivity index (χ0n) is 10.4. The van der Waals surface area contributed by atoms with Gasteiger partial charge >= 0.3 is 12.0 Å². The van der Waals surface area contributed by atoms with Crippen molar-refractivity contribution in [3.63, 3.8) is 0 Å². The number of carbonyl (C=O) groups excluding carboxylic acids is 1. The van der Waals surface area contributed by atoms with Crippen molar-refractivity contribution in [3.05, 3.63) is 35.4 Å². The van der Waals surface area contributed by atoms with E-state index in [1.807, 2.05) is 13.0 Å². The van der Waals surface area contributed by atoms with Crippen LogP contribution in [0.25, 0.3) is 6.08 Å². The molecule has 0 aliphatic heterocycles. The molecule has 0 heterocycles. The molecule has 0 spiro atoms. The molecule has 0 aromatic heterocycles. The van der Waals surface area contributed by atoms with Gasteiger partial charge in [0.15, 0.2) is 0 Å². The number of hydrogen-bond donors (Lipinski definition) is 3. The molecule has 1 aromatic rings. The number of rotatable bonds is 4. The minimum Gasteiger partial charge on any atom is -0.478 e. The number of carbonyl (C=O) groups is 2. The quantitative estimate of drug-likeness (QED) is 0.714. The highest BCUT2D eigenvalue weighted by atomic mass is 16.4. The summed E-state index contributed by atoms with van der Waals surface area (Å²) < 4.78 is 0. The fourth-order valence-electron chi connectivity index (χ4n) is 1.48. The first-order chi connectivity index (χ1) is 8.56. The lowest BCUT2D eigenvalue weighted by Gasteiger charge is -2.10. The van der Waals surface area contributed by atoms with Crippen LogP contribution in [0.1, 0.15) is 18.1 Å². The molecule has 1 rings (SSSR count). The van der Waals surface area contributed by atoms with Gasteiger partial charge in [0.05, 0.1) is 0 Å². The molecule has 5 nitrogen and oxygen atoms in total. The van der Waals surface area contributed by atoms with Crippen LogP contribution in [0, 0.1) is 0 Å². The van der Waals surface area contributed by atoms with Crippen LogP contribution in [-0.4, -0.2) is 24.2 Å². The van der Waals surface area contributed by atoms with Gasteiger partial charge in [-0.25, -0.2) is 9.59 Å². The topological polar surface area (TPSA) is 78.4 Å². The summed E-state index contributed by atoms with van der Waals surface area (Å²) in [5.74, 6) is -0.986. The molecule has 0 saturated heterocycles. The van der Waals surface area contributed by atoms with E-state index in [0.717, 1.165) is 29.3 Å². The number of hydrogen-bond acceptors (Lipinski definition) is 2. The summed E-state index contributed by atoms with van der Waals surface area (Å²) in [6.45, 7) is 1.97. The van der Waals surface area contributed by atoms with Crippen LogP contribution in [0.2, 0.25) is 0 Å². The Morgan fingerprint density at radius 2 is 2.11 bits per heavy atom. The van der Waals surface area contributed by atoms with E-state index in [2.05, 4.69) is 10.6 Å². The molecule has 3 N–H and O–H groups in total. The number of urea groups is 1. The molecular formula is C13H16N2O3. The van der Waals surface area contributed by atoms with Crippen molar-refractivity contribution in [2.45, 2.75) is 13.3 Å². The summed E-state index contributed by atoms with van der Waals surface area (Å²) in [7, 11) is 1.55. The molecule has 0 saturated carbocycles. The van der Waals surface area contributed by atoms with Gasteiger partial charge in [0, 0.05) is 18.8 Å². The van der Waals surface area contributed by atoms with Crippen LogP contribution in [0.15, 0.2) is 24.3 Å². The van der Waals surface area contributed by atoms with Crippen molar-refractivity contribution >= 4 is 23.8 Å². The molecular weight excluding hydrogens is 232 g/mol. The third-order valence-electron chi connectivity index (χ3n) is 2.40. The summed E-state index contributed by atoms with van der Waals surface area (Å²) in [5, 5.41) is 13.7. The molecule has 0 bridgehead atoms. The van der Waals surface area contributed by atoms with Crippen LogP contribution < -0.4 is 10.6 Å². The van der Waals surface area contributed by atoms with Crippen LogP contribution in [0.5, 0.6) is 0 Å². The minimum absolute atomic E-state index is 0.279. The van der Waals surface area contributed by atoms with Crippen molar-refractivity contribution in [1.82, 2.24) is 5.32 Å². The second kappa shape index (κ2) is 6.44. The highest BCUT2D eigenvalue weighted by Crippen LogP contribution is 2.19. The number of anilines is 1. The van der Waals surface area contributed by atoms with Gasteiger partial charge in [-0.3, -0.25) is 0 Å². The lowest BCUT2D eigenvalue weighted by atomic mass is 10.1. The van der Waals surface area contributed by atoms with Gasteiger partial charge in [-0.15, -0.1) is 0 Å². The van der Waals surface area contributed by atoms with Gasteiger partial charge in [0.25, 0.3) is 0 Å². The summed E-state index contributed by atoms with van der Waals surface area (Å²) in [4.78, 5) is 21.7. The van der Waals surface area contributed by atoms with Crippen LogP contribution in [0.3, 0.4) is 0 Å². The van der Waals surface area contributed by atoms with Crippen molar-refractivity contribution in [2.24, 2.45) is 0 Å². The highest BCUT2D eigenvalue weighted by Gasteiger charge is 2.04. The van der Waals surface area contributed by atoms with Crippen molar-refractivity contribution < 1.29 is 14.7 Å². The number of aryl methyl sites for hydroxylation is 1. The smallest absolute Gasteiger partial charge is 0.328 e. The third kappa shape index (κ3) is 3.93. The first-order valence-corrected chi connectivity index (χ1v) is 5.59. The molecule has 0 aliphatic rings. The van der Waals surface area contributed by atoms with E-state index in [-0.39, 0.29) is 6.03 Å². The third-order valence-corrected chi connectivity index (χ3v) is 2.40. The summed E-state index contributed by atoms with van der Waals surface area (Å²) >= 11 is 0. The average molecular weight is 248 g/mol. The van der Waals surface area contributed by atoms with E-state index < -0.39 is 5.97 Å². The SMILES string of the molecule is CCc1cc(/C=C/C(=O)O)ccc1NC(=O)NC. The maximum absolute atomic E-state index is 11.2. The standard InChI is InChI=1S/C13H16N2O3/c1-3-10-8-9(5-7-12(16)17)4-6-11(10)15-13(18)14-2/h4-8H,3H2,1-2H3,(H,16,17)(H2,14,15,18)/b7-5+. The fraction of sp³-hybridized carbons (Fsp3) is 0.231. The number of benzene rings is 1. The van der Waals surface area contributed by atoms with E-state index >= 15 is 0 Å². The molecule has 5 heteroatoms. The Balaban J connectivity index is 2.96. The molecule has 18 heavy (non-hydrogen) atoms. The molecule has 96 valence electrons. The van der Waals surface area contributed by atoms with E-state index in [4.69, 9.17) is 5.11 Å². The summed E-state index contributed by atoms with van der Waals surface area (Å²) in [5.41, 5.74) is 2.46. The van der Waals surface area contributed by atoms with Gasteiger partial charge in [-0.05, 0) is 35.8 Å².